The monoisotopic (exact) mass is 388 g/mol. The summed E-state index contributed by atoms with van der Waals surface area (Å²) >= 11 is 0. The van der Waals surface area contributed by atoms with Crippen molar-refractivity contribution in [3.8, 4) is 0 Å². The molecule has 154 valence electrons. The number of hydrogen-bond acceptors (Lipinski definition) is 7. The molecule has 1 saturated heterocycles. The van der Waals surface area contributed by atoms with Gasteiger partial charge in [0, 0.05) is 30.1 Å². The highest BCUT2D eigenvalue weighted by atomic mass is 16.5. The minimum atomic E-state index is -0.516. The van der Waals surface area contributed by atoms with Crippen molar-refractivity contribution in [1.82, 2.24) is 15.8 Å². The molecule has 2 aliphatic rings. The topological polar surface area (TPSA) is 121 Å². The standard InChI is InChI=1S/C20H32N6O2/c1-20(2)18(19(23-13-24-20)26-16-4-3-7-22-11-16)8-14(5-6-17(27)9-21)15-10-25-28-12-15/h8,10,12-14,16-17,22,27H,3-7,9,11,21H2,1-2H3,(H,23,24,26). The molecule has 5 N–H and O–H groups in total. The third kappa shape index (κ3) is 5.27. The lowest BCUT2D eigenvalue weighted by molar-refractivity contribution is 0.168. The van der Waals surface area contributed by atoms with Gasteiger partial charge in [0.25, 0.3) is 0 Å². The van der Waals surface area contributed by atoms with Gasteiger partial charge in [-0.15, -0.1) is 0 Å². The third-order valence-corrected chi connectivity index (χ3v) is 5.42. The average Bonchev–Trinajstić information content (AvgIpc) is 3.22. The van der Waals surface area contributed by atoms with Crippen LogP contribution in [-0.4, -0.2) is 59.8 Å². The van der Waals surface area contributed by atoms with Crippen LogP contribution in [0.15, 0.2) is 38.6 Å². The van der Waals surface area contributed by atoms with Gasteiger partial charge in [-0.2, -0.15) is 0 Å². The normalized spacial score (nSPS) is 26.9. The van der Waals surface area contributed by atoms with Crippen LogP contribution >= 0.6 is 0 Å². The van der Waals surface area contributed by atoms with Crippen LogP contribution in [0.3, 0.4) is 0 Å². The Morgan fingerprint density at radius 2 is 2.32 bits per heavy atom. The van der Waals surface area contributed by atoms with E-state index < -0.39 is 11.6 Å². The Bertz CT molecular complexity index is 704. The second-order valence-corrected chi connectivity index (χ2v) is 8.05. The Balaban J connectivity index is 1.91. The van der Waals surface area contributed by atoms with E-state index in [0.29, 0.717) is 6.42 Å². The molecule has 0 aromatic carbocycles. The Morgan fingerprint density at radius 3 is 3.00 bits per heavy atom. The Kier molecular flexibility index (Phi) is 6.98. The van der Waals surface area contributed by atoms with Gasteiger partial charge in [-0.1, -0.05) is 11.2 Å². The second kappa shape index (κ2) is 9.45. The van der Waals surface area contributed by atoms with Gasteiger partial charge < -0.3 is 26.0 Å². The second-order valence-electron chi connectivity index (χ2n) is 8.05. The van der Waals surface area contributed by atoms with E-state index in [-0.39, 0.29) is 18.5 Å². The first-order chi connectivity index (χ1) is 13.5. The molecule has 1 aromatic heterocycles. The van der Waals surface area contributed by atoms with Crippen molar-refractivity contribution in [1.29, 1.82) is 0 Å². The summed E-state index contributed by atoms with van der Waals surface area (Å²) in [5.74, 6) is 0.904. The minimum absolute atomic E-state index is 0.0338. The van der Waals surface area contributed by atoms with Gasteiger partial charge in [-0.25, -0.2) is 0 Å². The van der Waals surface area contributed by atoms with Crippen LogP contribution in [0.1, 0.15) is 51.0 Å². The molecule has 8 heteroatoms. The number of allylic oxidation sites excluding steroid dienone is 1. The lowest BCUT2D eigenvalue weighted by atomic mass is 9.85. The highest BCUT2D eigenvalue weighted by Gasteiger charge is 2.31. The molecule has 3 heterocycles. The summed E-state index contributed by atoms with van der Waals surface area (Å²) in [5.41, 5.74) is 7.21. The van der Waals surface area contributed by atoms with Gasteiger partial charge >= 0.3 is 0 Å². The number of aliphatic hydroxyl groups is 1. The minimum Gasteiger partial charge on any atom is -0.392 e. The Hall–Kier alpha value is -2.03. The number of amidine groups is 1. The van der Waals surface area contributed by atoms with Crippen molar-refractivity contribution in [3.63, 3.8) is 0 Å². The van der Waals surface area contributed by atoms with E-state index in [9.17, 15) is 5.11 Å². The number of hydrogen-bond donors (Lipinski definition) is 4. The number of nitrogens with two attached hydrogens (primary N) is 1. The fraction of sp³-hybridized carbons (Fsp3) is 0.650. The van der Waals surface area contributed by atoms with E-state index in [2.05, 4.69) is 40.7 Å². The maximum Gasteiger partial charge on any atom is 0.131 e. The molecule has 2 aliphatic heterocycles. The first-order valence-electron chi connectivity index (χ1n) is 10.1. The first-order valence-corrected chi connectivity index (χ1v) is 10.1. The predicted molar refractivity (Wildman–Crippen MR) is 111 cm³/mol. The SMILES string of the molecule is CC1(C)N=CNC(=NC2CCCNC2)C1=CC(CCC(O)CN)c1cnoc1. The van der Waals surface area contributed by atoms with Crippen LogP contribution in [0.4, 0.5) is 0 Å². The zero-order valence-corrected chi connectivity index (χ0v) is 16.8. The van der Waals surface area contributed by atoms with E-state index in [1.807, 2.05) is 0 Å². The van der Waals surface area contributed by atoms with E-state index in [1.165, 1.54) is 0 Å². The van der Waals surface area contributed by atoms with E-state index in [1.54, 1.807) is 18.8 Å². The number of aliphatic hydroxyl groups excluding tert-OH is 1. The van der Waals surface area contributed by atoms with Crippen LogP contribution in [-0.2, 0) is 0 Å². The fourth-order valence-electron chi connectivity index (χ4n) is 3.64. The summed E-state index contributed by atoms with van der Waals surface area (Å²) < 4.78 is 5.07. The van der Waals surface area contributed by atoms with Crippen LogP contribution in [0.2, 0.25) is 0 Å². The van der Waals surface area contributed by atoms with Crippen LogP contribution in [0, 0.1) is 0 Å². The first kappa shape index (κ1) is 20.7. The van der Waals surface area contributed by atoms with Crippen molar-refractivity contribution < 1.29 is 9.63 Å². The smallest absolute Gasteiger partial charge is 0.131 e. The quantitative estimate of drug-likeness (QED) is 0.559. The predicted octanol–water partition coefficient (Wildman–Crippen LogP) is 1.35. The fourth-order valence-corrected chi connectivity index (χ4v) is 3.64. The molecule has 28 heavy (non-hydrogen) atoms. The van der Waals surface area contributed by atoms with Gasteiger partial charge in [0.05, 0.1) is 30.2 Å². The molecule has 3 rings (SSSR count). The molecule has 0 radical (unpaired) electrons. The van der Waals surface area contributed by atoms with Crippen molar-refractivity contribution in [3.05, 3.63) is 29.7 Å². The molecule has 3 atom stereocenters. The van der Waals surface area contributed by atoms with Crippen LogP contribution in [0.25, 0.3) is 0 Å². The van der Waals surface area contributed by atoms with Crippen molar-refractivity contribution in [2.24, 2.45) is 15.7 Å². The van der Waals surface area contributed by atoms with Gasteiger partial charge in [0.15, 0.2) is 0 Å². The van der Waals surface area contributed by atoms with Gasteiger partial charge in [0.1, 0.15) is 12.1 Å². The van der Waals surface area contributed by atoms with Crippen molar-refractivity contribution >= 4 is 12.2 Å². The molecule has 1 aromatic rings. The summed E-state index contributed by atoms with van der Waals surface area (Å²) in [6.45, 7) is 6.39. The maximum atomic E-state index is 9.93. The third-order valence-electron chi connectivity index (χ3n) is 5.42. The highest BCUT2D eigenvalue weighted by Crippen LogP contribution is 2.31. The lowest BCUT2D eigenvalue weighted by Crippen LogP contribution is -2.42. The number of nitrogens with one attached hydrogen (secondary N) is 2. The molecule has 3 unspecified atom stereocenters. The van der Waals surface area contributed by atoms with Crippen LogP contribution < -0.4 is 16.4 Å². The summed E-state index contributed by atoms with van der Waals surface area (Å²) in [6.07, 6.45) is 10.4. The number of aromatic nitrogens is 1. The lowest BCUT2D eigenvalue weighted by Gasteiger charge is -2.31. The summed E-state index contributed by atoms with van der Waals surface area (Å²) in [7, 11) is 0. The van der Waals surface area contributed by atoms with E-state index >= 15 is 0 Å². The highest BCUT2D eigenvalue weighted by molar-refractivity contribution is 6.07. The van der Waals surface area contributed by atoms with Crippen LogP contribution in [0.5, 0.6) is 0 Å². The molecule has 0 spiro atoms. The molecular weight excluding hydrogens is 356 g/mol. The molecule has 0 saturated carbocycles. The molecule has 0 amide bonds. The number of aliphatic imine (C=N–C) groups is 2. The van der Waals surface area contributed by atoms with E-state index in [4.69, 9.17) is 15.2 Å². The molecular formula is C20H32N6O2. The largest absolute Gasteiger partial charge is 0.392 e. The number of rotatable bonds is 7. The molecule has 0 bridgehead atoms. The van der Waals surface area contributed by atoms with Gasteiger partial charge in [-0.05, 0) is 46.1 Å². The molecule has 0 aliphatic carbocycles. The zero-order chi connectivity index (χ0) is 20.0. The zero-order valence-electron chi connectivity index (χ0n) is 16.8. The van der Waals surface area contributed by atoms with Crippen molar-refractivity contribution in [2.75, 3.05) is 19.6 Å². The summed E-state index contributed by atoms with van der Waals surface area (Å²) in [5, 5.41) is 20.5. The van der Waals surface area contributed by atoms with Crippen molar-refractivity contribution in [2.45, 2.75) is 63.1 Å². The maximum absolute atomic E-state index is 9.93. The summed E-state index contributed by atoms with van der Waals surface area (Å²) in [6, 6.07) is 0.259. The Labute approximate surface area is 166 Å². The van der Waals surface area contributed by atoms with Gasteiger partial charge in [-0.3, -0.25) is 9.98 Å². The Morgan fingerprint density at radius 1 is 1.46 bits per heavy atom. The molecule has 1 fully saturated rings. The number of piperidine rings is 1. The average molecular weight is 389 g/mol. The van der Waals surface area contributed by atoms with Gasteiger partial charge in [0.2, 0.25) is 0 Å². The number of nitrogens with zero attached hydrogens (tertiary/aromatic N) is 3. The van der Waals surface area contributed by atoms with E-state index in [0.717, 1.165) is 49.3 Å². The molecule has 8 nitrogen and oxygen atoms in total. The summed E-state index contributed by atoms with van der Waals surface area (Å²) in [4.78, 5) is 9.62.